The van der Waals surface area contributed by atoms with Crippen molar-refractivity contribution in [1.82, 2.24) is 0 Å². The van der Waals surface area contributed by atoms with Crippen molar-refractivity contribution < 1.29 is 18.1 Å². The maximum absolute atomic E-state index is 13.3. The molecule has 0 spiro atoms. The zero-order valence-corrected chi connectivity index (χ0v) is 18.9. The molecule has 6 heteroatoms. The molecule has 1 radical (unpaired) electrons. The van der Waals surface area contributed by atoms with E-state index in [1.54, 1.807) is 36.4 Å². The van der Waals surface area contributed by atoms with E-state index in [2.05, 4.69) is 0 Å². The van der Waals surface area contributed by atoms with Gasteiger partial charge in [0.05, 0.1) is 0 Å². The summed E-state index contributed by atoms with van der Waals surface area (Å²) in [4.78, 5) is 0. The van der Waals surface area contributed by atoms with E-state index in [9.17, 15) is 4.57 Å². The molecule has 0 aliphatic rings. The Balaban J connectivity index is 0.00000261. The predicted octanol–water partition coefficient (Wildman–Crippen LogP) is 5.88. The van der Waals surface area contributed by atoms with Gasteiger partial charge in [-0.3, -0.25) is 0 Å². The topological polar surface area (TPSA) is 44.8 Å². The fraction of sp³-hybridized carbons (Fsp3) is 0.143. The van der Waals surface area contributed by atoms with Crippen molar-refractivity contribution in [2.75, 3.05) is 0 Å². The molecule has 0 amide bonds. The van der Waals surface area contributed by atoms with Gasteiger partial charge in [-0.1, -0.05) is 53.1 Å². The molecule has 0 aliphatic heterocycles. The minimum absolute atomic E-state index is 0. The molecule has 135 valence electrons. The van der Waals surface area contributed by atoms with Crippen LogP contribution in [0.25, 0.3) is 0 Å². The van der Waals surface area contributed by atoms with E-state index in [4.69, 9.17) is 13.6 Å². The molecule has 0 aromatic heterocycles. The Morgan fingerprint density at radius 3 is 0.963 bits per heavy atom. The van der Waals surface area contributed by atoms with Crippen LogP contribution in [-0.4, -0.2) is 29.6 Å². The first-order valence-electron chi connectivity index (χ1n) is 8.31. The van der Waals surface area contributed by atoms with Crippen LogP contribution in [0.5, 0.6) is 17.2 Å². The number of rotatable bonds is 6. The average molecular weight is 391 g/mol. The Kier molecular flexibility index (Phi) is 7.58. The third kappa shape index (κ3) is 6.44. The van der Waals surface area contributed by atoms with E-state index in [0.29, 0.717) is 17.2 Å². The summed E-state index contributed by atoms with van der Waals surface area (Å²) in [5.74, 6) is 1.24. The third-order valence-corrected chi connectivity index (χ3v) is 5.02. The van der Waals surface area contributed by atoms with E-state index in [1.165, 1.54) is 0 Å². The molecule has 0 heterocycles. The van der Waals surface area contributed by atoms with Gasteiger partial charge in [0.25, 0.3) is 0 Å². The van der Waals surface area contributed by atoms with E-state index in [-0.39, 0.29) is 29.6 Å². The van der Waals surface area contributed by atoms with Crippen LogP contribution >= 0.6 is 7.82 Å². The molecule has 3 rings (SSSR count). The van der Waals surface area contributed by atoms with Crippen LogP contribution in [0, 0.1) is 20.8 Å². The van der Waals surface area contributed by atoms with Crippen molar-refractivity contribution in [3.8, 4) is 17.2 Å². The number of phosphoric acid groups is 1. The molecule has 27 heavy (non-hydrogen) atoms. The van der Waals surface area contributed by atoms with Gasteiger partial charge in [0.1, 0.15) is 17.2 Å². The summed E-state index contributed by atoms with van der Waals surface area (Å²) in [5, 5.41) is 0. The normalized spacial score (nSPS) is 10.6. The van der Waals surface area contributed by atoms with Gasteiger partial charge in [-0.05, 0) is 57.2 Å². The van der Waals surface area contributed by atoms with E-state index in [0.717, 1.165) is 16.7 Å². The zero-order chi connectivity index (χ0) is 18.6. The second-order valence-corrected chi connectivity index (χ2v) is 7.60. The smallest absolute Gasteiger partial charge is 0.386 e. The molecule has 0 aliphatic carbocycles. The Morgan fingerprint density at radius 2 is 0.741 bits per heavy atom. The minimum Gasteiger partial charge on any atom is -0.386 e. The molecule has 4 nitrogen and oxygen atoms in total. The van der Waals surface area contributed by atoms with Crippen LogP contribution < -0.4 is 13.6 Å². The molecule has 0 fully saturated rings. The van der Waals surface area contributed by atoms with Gasteiger partial charge in [0.15, 0.2) is 0 Å². The summed E-state index contributed by atoms with van der Waals surface area (Å²) in [5.41, 5.74) is 3.23. The molecule has 0 N–H and O–H groups in total. The van der Waals surface area contributed by atoms with E-state index >= 15 is 0 Å². The first kappa shape index (κ1) is 21.6. The SMILES string of the molecule is Cc1ccc(OP(=O)(Oc2ccc(C)cc2)Oc2ccc(C)cc2)cc1.[Na]. The fourth-order valence-electron chi connectivity index (χ4n) is 2.24. The molecule has 0 unspecified atom stereocenters. The maximum Gasteiger partial charge on any atom is 0.647 e. The van der Waals surface area contributed by atoms with Crippen LogP contribution in [0.4, 0.5) is 0 Å². The van der Waals surface area contributed by atoms with Crippen molar-refractivity contribution in [2.45, 2.75) is 20.8 Å². The monoisotopic (exact) mass is 391 g/mol. The summed E-state index contributed by atoms with van der Waals surface area (Å²) in [6.07, 6.45) is 0. The fourth-order valence-corrected chi connectivity index (χ4v) is 3.49. The molecular weight excluding hydrogens is 370 g/mol. The Morgan fingerprint density at radius 1 is 0.519 bits per heavy atom. The number of benzene rings is 3. The Bertz CT molecular complexity index is 784. The van der Waals surface area contributed by atoms with Crippen LogP contribution in [0.1, 0.15) is 16.7 Å². The summed E-state index contributed by atoms with van der Waals surface area (Å²) >= 11 is 0. The van der Waals surface area contributed by atoms with E-state index < -0.39 is 7.82 Å². The number of aryl methyl sites for hydroxylation is 3. The second-order valence-electron chi connectivity index (χ2n) is 6.16. The third-order valence-electron chi connectivity index (χ3n) is 3.71. The van der Waals surface area contributed by atoms with Gasteiger partial charge < -0.3 is 13.6 Å². The summed E-state index contributed by atoms with van der Waals surface area (Å²) < 4.78 is 30.2. The second kappa shape index (κ2) is 9.48. The van der Waals surface area contributed by atoms with Gasteiger partial charge in [-0.15, -0.1) is 0 Å². The zero-order valence-electron chi connectivity index (χ0n) is 16.0. The molecule has 3 aromatic rings. The first-order valence-corrected chi connectivity index (χ1v) is 9.77. The van der Waals surface area contributed by atoms with Gasteiger partial charge in [0, 0.05) is 29.6 Å². The number of hydrogen-bond donors (Lipinski definition) is 0. The predicted molar refractivity (Wildman–Crippen MR) is 109 cm³/mol. The summed E-state index contributed by atoms with van der Waals surface area (Å²) in [6, 6.07) is 21.6. The quantitative estimate of drug-likeness (QED) is 0.389. The van der Waals surface area contributed by atoms with Gasteiger partial charge in [0.2, 0.25) is 0 Å². The summed E-state index contributed by atoms with van der Waals surface area (Å²) in [7, 11) is -3.93. The number of phosphoric ester groups is 1. The molecule has 0 saturated carbocycles. The van der Waals surface area contributed by atoms with Crippen LogP contribution in [0.15, 0.2) is 72.8 Å². The standard InChI is InChI=1S/C21H21O4P.Na/c1-16-4-10-19(11-5-16)23-26(22,24-20-12-6-17(2)7-13-20)25-21-14-8-18(3)9-15-21;/h4-15H,1-3H3;. The van der Waals surface area contributed by atoms with Gasteiger partial charge in [-0.2, -0.15) is 4.57 Å². The van der Waals surface area contributed by atoms with Crippen LogP contribution in [0.3, 0.4) is 0 Å². The van der Waals surface area contributed by atoms with Gasteiger partial charge in [-0.25, -0.2) is 0 Å². The van der Waals surface area contributed by atoms with Crippen molar-refractivity contribution in [3.63, 3.8) is 0 Å². The van der Waals surface area contributed by atoms with Crippen molar-refractivity contribution in [2.24, 2.45) is 0 Å². The Hall–Kier alpha value is -1.71. The van der Waals surface area contributed by atoms with Gasteiger partial charge >= 0.3 is 7.82 Å². The molecular formula is C21H21NaO4P. The van der Waals surface area contributed by atoms with Crippen molar-refractivity contribution in [3.05, 3.63) is 89.5 Å². The van der Waals surface area contributed by atoms with Crippen molar-refractivity contribution >= 4 is 37.4 Å². The first-order chi connectivity index (χ1) is 12.4. The molecule has 0 saturated heterocycles. The minimum atomic E-state index is -3.93. The largest absolute Gasteiger partial charge is 0.647 e. The molecule has 0 atom stereocenters. The average Bonchev–Trinajstić information content (AvgIpc) is 2.61. The molecule has 3 aromatic carbocycles. The summed E-state index contributed by atoms with van der Waals surface area (Å²) in [6.45, 7) is 5.90. The number of hydrogen-bond acceptors (Lipinski definition) is 4. The maximum atomic E-state index is 13.3. The van der Waals surface area contributed by atoms with Crippen LogP contribution in [-0.2, 0) is 4.57 Å². The van der Waals surface area contributed by atoms with E-state index in [1.807, 2.05) is 57.2 Å². The molecule has 0 bridgehead atoms. The van der Waals surface area contributed by atoms with Crippen LogP contribution in [0.2, 0.25) is 0 Å². The Labute approximate surface area is 182 Å². The van der Waals surface area contributed by atoms with Crippen molar-refractivity contribution in [1.29, 1.82) is 0 Å².